The van der Waals surface area contributed by atoms with E-state index in [1.54, 1.807) is 36.7 Å². The van der Waals surface area contributed by atoms with Crippen LogP contribution in [0.15, 0.2) is 54.9 Å². The largest absolute Gasteiger partial charge is 0.416 e. The van der Waals surface area contributed by atoms with Gasteiger partial charge in [0.2, 0.25) is 0 Å². The molecule has 3 rings (SSSR count). The highest BCUT2D eigenvalue weighted by atomic mass is 19.4. The van der Waals surface area contributed by atoms with Gasteiger partial charge in [0.1, 0.15) is 0 Å². The van der Waals surface area contributed by atoms with Crippen molar-refractivity contribution in [3.8, 4) is 22.5 Å². The molecule has 2 heterocycles. The minimum Gasteiger partial charge on any atom is -0.278 e. The van der Waals surface area contributed by atoms with Gasteiger partial charge in [-0.25, -0.2) is 0 Å². The molecule has 0 spiro atoms. The zero-order valence-electron chi connectivity index (χ0n) is 10.7. The topological polar surface area (TPSA) is 41.6 Å². The van der Waals surface area contributed by atoms with Gasteiger partial charge < -0.3 is 0 Å². The standard InChI is InChI=1S/C15H10F3N3/c16-15(17,18)11-4-1-3-10(9-11)14-12(5-2-7-19-14)13-6-8-20-21-13/h1-9H,(H,20,21). The Labute approximate surface area is 118 Å². The summed E-state index contributed by atoms with van der Waals surface area (Å²) in [6, 6.07) is 10.4. The summed E-state index contributed by atoms with van der Waals surface area (Å²) in [5, 5.41) is 6.65. The molecule has 0 saturated carbocycles. The second kappa shape index (κ2) is 5.05. The van der Waals surface area contributed by atoms with Gasteiger partial charge in [0.05, 0.1) is 17.0 Å². The third-order valence-corrected chi connectivity index (χ3v) is 3.06. The first-order chi connectivity index (χ1) is 10.1. The SMILES string of the molecule is FC(F)(F)c1cccc(-c2ncccc2-c2ccn[nH]2)c1. The maximum atomic E-state index is 12.8. The molecule has 1 N–H and O–H groups in total. The number of benzene rings is 1. The van der Waals surface area contributed by atoms with Gasteiger partial charge in [-0.15, -0.1) is 0 Å². The summed E-state index contributed by atoms with van der Waals surface area (Å²) in [6.45, 7) is 0. The first-order valence-electron chi connectivity index (χ1n) is 6.18. The summed E-state index contributed by atoms with van der Waals surface area (Å²) in [4.78, 5) is 4.21. The monoisotopic (exact) mass is 289 g/mol. The number of nitrogens with one attached hydrogen (secondary N) is 1. The normalized spacial score (nSPS) is 11.6. The van der Waals surface area contributed by atoms with Crippen molar-refractivity contribution in [3.05, 3.63) is 60.4 Å². The molecule has 0 aliphatic rings. The Morgan fingerprint density at radius 3 is 2.52 bits per heavy atom. The van der Waals surface area contributed by atoms with Gasteiger partial charge in [-0.1, -0.05) is 12.1 Å². The molecule has 0 aliphatic heterocycles. The fourth-order valence-corrected chi connectivity index (χ4v) is 2.10. The van der Waals surface area contributed by atoms with Crippen LogP contribution in [0.3, 0.4) is 0 Å². The first-order valence-corrected chi connectivity index (χ1v) is 6.18. The quantitative estimate of drug-likeness (QED) is 0.769. The molecule has 21 heavy (non-hydrogen) atoms. The van der Waals surface area contributed by atoms with E-state index in [1.165, 1.54) is 6.07 Å². The molecule has 106 valence electrons. The molecule has 6 heteroatoms. The maximum absolute atomic E-state index is 12.8. The van der Waals surface area contributed by atoms with Crippen LogP contribution in [0, 0.1) is 0 Å². The highest BCUT2D eigenvalue weighted by Gasteiger charge is 2.30. The number of rotatable bonds is 2. The zero-order valence-corrected chi connectivity index (χ0v) is 10.7. The van der Waals surface area contributed by atoms with Crippen molar-refractivity contribution in [3.63, 3.8) is 0 Å². The Balaban J connectivity index is 2.14. The molecule has 0 atom stereocenters. The lowest BCUT2D eigenvalue weighted by Crippen LogP contribution is -2.04. The summed E-state index contributed by atoms with van der Waals surface area (Å²) >= 11 is 0. The summed E-state index contributed by atoms with van der Waals surface area (Å²) < 4.78 is 38.5. The molecular formula is C15H10F3N3. The van der Waals surface area contributed by atoms with Crippen LogP contribution in [-0.2, 0) is 6.18 Å². The van der Waals surface area contributed by atoms with Crippen molar-refractivity contribution in [1.82, 2.24) is 15.2 Å². The van der Waals surface area contributed by atoms with Crippen molar-refractivity contribution >= 4 is 0 Å². The van der Waals surface area contributed by atoms with Crippen molar-refractivity contribution in [1.29, 1.82) is 0 Å². The molecule has 3 nitrogen and oxygen atoms in total. The van der Waals surface area contributed by atoms with Gasteiger partial charge in [-0.2, -0.15) is 18.3 Å². The number of nitrogens with zero attached hydrogens (tertiary/aromatic N) is 2. The highest BCUT2D eigenvalue weighted by Crippen LogP contribution is 2.34. The van der Waals surface area contributed by atoms with E-state index in [2.05, 4.69) is 15.2 Å². The summed E-state index contributed by atoms with van der Waals surface area (Å²) in [7, 11) is 0. The van der Waals surface area contributed by atoms with E-state index in [9.17, 15) is 13.2 Å². The maximum Gasteiger partial charge on any atom is 0.416 e. The second-order valence-corrected chi connectivity index (χ2v) is 4.45. The van der Waals surface area contributed by atoms with Crippen molar-refractivity contribution < 1.29 is 13.2 Å². The van der Waals surface area contributed by atoms with Gasteiger partial charge in [-0.3, -0.25) is 10.1 Å². The van der Waals surface area contributed by atoms with Gasteiger partial charge in [-0.05, 0) is 30.3 Å². The average molecular weight is 289 g/mol. The lowest BCUT2D eigenvalue weighted by atomic mass is 10.0. The summed E-state index contributed by atoms with van der Waals surface area (Å²) in [6.07, 6.45) is -1.24. The van der Waals surface area contributed by atoms with Crippen molar-refractivity contribution in [2.24, 2.45) is 0 Å². The van der Waals surface area contributed by atoms with Crippen LogP contribution in [0.2, 0.25) is 0 Å². The molecular weight excluding hydrogens is 279 g/mol. The molecule has 0 bridgehead atoms. The number of hydrogen-bond donors (Lipinski definition) is 1. The Bertz CT molecular complexity index is 749. The van der Waals surface area contributed by atoms with E-state index in [4.69, 9.17) is 0 Å². The number of hydrogen-bond acceptors (Lipinski definition) is 2. The van der Waals surface area contributed by atoms with Crippen LogP contribution < -0.4 is 0 Å². The van der Waals surface area contributed by atoms with Crippen LogP contribution >= 0.6 is 0 Å². The Morgan fingerprint density at radius 1 is 0.952 bits per heavy atom. The summed E-state index contributed by atoms with van der Waals surface area (Å²) in [5.74, 6) is 0. The lowest BCUT2D eigenvalue weighted by Gasteiger charge is -2.10. The molecule has 0 amide bonds. The van der Waals surface area contributed by atoms with Gasteiger partial charge in [0.25, 0.3) is 0 Å². The van der Waals surface area contributed by atoms with Crippen LogP contribution in [-0.4, -0.2) is 15.2 Å². The zero-order chi connectivity index (χ0) is 14.9. The molecule has 0 radical (unpaired) electrons. The first kappa shape index (κ1) is 13.4. The molecule has 2 aromatic heterocycles. The van der Waals surface area contributed by atoms with Crippen molar-refractivity contribution in [2.75, 3.05) is 0 Å². The number of halogens is 3. The lowest BCUT2D eigenvalue weighted by molar-refractivity contribution is -0.137. The van der Waals surface area contributed by atoms with Crippen molar-refractivity contribution in [2.45, 2.75) is 6.18 Å². The fourth-order valence-electron chi connectivity index (χ4n) is 2.10. The van der Waals surface area contributed by atoms with E-state index in [1.807, 2.05) is 0 Å². The molecule has 0 saturated heterocycles. The average Bonchev–Trinajstić information content (AvgIpc) is 3.01. The van der Waals surface area contributed by atoms with Gasteiger partial charge in [0.15, 0.2) is 0 Å². The number of alkyl halides is 3. The second-order valence-electron chi connectivity index (χ2n) is 4.45. The molecule has 0 unspecified atom stereocenters. The number of aromatic nitrogens is 3. The summed E-state index contributed by atoms with van der Waals surface area (Å²) in [5.41, 5.74) is 1.61. The van der Waals surface area contributed by atoms with E-state index >= 15 is 0 Å². The third-order valence-electron chi connectivity index (χ3n) is 3.06. The molecule has 1 aromatic carbocycles. The predicted molar refractivity (Wildman–Crippen MR) is 72.3 cm³/mol. The van der Waals surface area contributed by atoms with E-state index < -0.39 is 11.7 Å². The number of H-pyrrole nitrogens is 1. The van der Waals surface area contributed by atoms with Crippen LogP contribution in [0.5, 0.6) is 0 Å². The van der Waals surface area contributed by atoms with E-state index in [0.29, 0.717) is 22.5 Å². The Kier molecular flexibility index (Phi) is 3.21. The van der Waals surface area contributed by atoms with Crippen LogP contribution in [0.4, 0.5) is 13.2 Å². The number of pyridine rings is 1. The fraction of sp³-hybridized carbons (Fsp3) is 0.0667. The smallest absolute Gasteiger partial charge is 0.278 e. The molecule has 0 fully saturated rings. The van der Waals surface area contributed by atoms with Crippen LogP contribution in [0.25, 0.3) is 22.5 Å². The molecule has 3 aromatic rings. The number of aromatic amines is 1. The molecule has 0 aliphatic carbocycles. The minimum atomic E-state index is -4.38. The minimum absolute atomic E-state index is 0.412. The van der Waals surface area contributed by atoms with Gasteiger partial charge >= 0.3 is 6.18 Å². The Morgan fingerprint density at radius 2 is 1.81 bits per heavy atom. The third kappa shape index (κ3) is 2.65. The Hall–Kier alpha value is -2.63. The van der Waals surface area contributed by atoms with E-state index in [0.717, 1.165) is 12.1 Å². The van der Waals surface area contributed by atoms with E-state index in [-0.39, 0.29) is 0 Å². The van der Waals surface area contributed by atoms with Gasteiger partial charge in [0, 0.05) is 23.5 Å². The predicted octanol–water partition coefficient (Wildman–Crippen LogP) is 4.16. The highest BCUT2D eigenvalue weighted by molar-refractivity contribution is 5.78. The van der Waals surface area contributed by atoms with Crippen LogP contribution in [0.1, 0.15) is 5.56 Å².